The first-order valence-corrected chi connectivity index (χ1v) is 6.68. The van der Waals surface area contributed by atoms with Gasteiger partial charge < -0.3 is 5.32 Å². The average molecular weight is 310 g/mol. The molecule has 0 saturated heterocycles. The Hall–Kier alpha value is -1.78. The van der Waals surface area contributed by atoms with Crippen LogP contribution in [0.1, 0.15) is 16.8 Å². The minimum atomic E-state index is -0.282. The normalized spacial score (nSPS) is 11.0. The van der Waals surface area contributed by atoms with Crippen LogP contribution in [0.3, 0.4) is 0 Å². The summed E-state index contributed by atoms with van der Waals surface area (Å²) >= 11 is 11.9. The number of aryl methyl sites for hydroxylation is 1. The van der Waals surface area contributed by atoms with Crippen molar-refractivity contribution < 1.29 is 4.79 Å². The van der Waals surface area contributed by atoms with Crippen LogP contribution in [-0.4, -0.2) is 16.1 Å². The van der Waals surface area contributed by atoms with E-state index in [-0.39, 0.29) is 5.91 Å². The molecule has 2 rings (SSSR count). The molecular weight excluding hydrogens is 297 g/mol. The lowest BCUT2D eigenvalue weighted by atomic mass is 10.2. The zero-order chi connectivity index (χ0) is 14.7. The molecule has 1 aromatic carbocycles. The van der Waals surface area contributed by atoms with Crippen molar-refractivity contribution >= 4 is 41.0 Å². The zero-order valence-corrected chi connectivity index (χ0v) is 12.5. The number of nitrogens with one attached hydrogen (secondary N) is 2. The first-order chi connectivity index (χ1) is 9.47. The second-order valence-corrected chi connectivity index (χ2v) is 5.15. The Labute approximate surface area is 126 Å². The lowest BCUT2D eigenvalue weighted by Crippen LogP contribution is -2.09. The molecule has 6 heteroatoms. The summed E-state index contributed by atoms with van der Waals surface area (Å²) in [7, 11) is 0. The summed E-state index contributed by atoms with van der Waals surface area (Å²) in [5, 5.41) is 10.6. The van der Waals surface area contributed by atoms with Crippen LogP contribution < -0.4 is 5.32 Å². The molecule has 0 radical (unpaired) electrons. The van der Waals surface area contributed by atoms with Gasteiger partial charge in [-0.15, -0.1) is 0 Å². The molecule has 1 aromatic heterocycles. The van der Waals surface area contributed by atoms with Gasteiger partial charge in [0.2, 0.25) is 5.91 Å². The van der Waals surface area contributed by atoms with Crippen LogP contribution in [0.15, 0.2) is 24.3 Å². The van der Waals surface area contributed by atoms with E-state index in [1.54, 1.807) is 24.3 Å². The number of carbonyl (C=O) groups excluding carboxylic acids is 1. The van der Waals surface area contributed by atoms with E-state index < -0.39 is 0 Å². The van der Waals surface area contributed by atoms with E-state index in [1.807, 2.05) is 13.8 Å². The zero-order valence-electron chi connectivity index (χ0n) is 11.0. The number of hydrogen-bond donors (Lipinski definition) is 2. The molecule has 0 unspecified atom stereocenters. The summed E-state index contributed by atoms with van der Waals surface area (Å²) in [6, 6.07) is 5.07. The molecule has 1 amide bonds. The first-order valence-electron chi connectivity index (χ1n) is 5.93. The van der Waals surface area contributed by atoms with Crippen LogP contribution in [0.25, 0.3) is 6.08 Å². The number of anilines is 1. The SMILES string of the molecule is Cc1[nH]nc(NC(=O)/C=C/c2cc(Cl)ccc2Cl)c1C. The molecule has 2 N–H and O–H groups in total. The lowest BCUT2D eigenvalue weighted by Gasteiger charge is -2.00. The Morgan fingerprint density at radius 1 is 1.35 bits per heavy atom. The highest BCUT2D eigenvalue weighted by atomic mass is 35.5. The lowest BCUT2D eigenvalue weighted by molar-refractivity contribution is -0.111. The van der Waals surface area contributed by atoms with E-state index in [4.69, 9.17) is 23.2 Å². The Bertz CT molecular complexity index is 677. The Balaban J connectivity index is 2.09. The van der Waals surface area contributed by atoms with Gasteiger partial charge in [-0.05, 0) is 43.7 Å². The van der Waals surface area contributed by atoms with Crippen LogP contribution in [0.2, 0.25) is 10.0 Å². The number of nitrogens with zero attached hydrogens (tertiary/aromatic N) is 1. The topological polar surface area (TPSA) is 57.8 Å². The Morgan fingerprint density at radius 2 is 2.10 bits per heavy atom. The summed E-state index contributed by atoms with van der Waals surface area (Å²) in [5.41, 5.74) is 2.51. The van der Waals surface area contributed by atoms with Crippen LogP contribution >= 0.6 is 23.2 Å². The molecule has 0 fully saturated rings. The van der Waals surface area contributed by atoms with Crippen molar-refractivity contribution in [3.8, 4) is 0 Å². The predicted molar refractivity (Wildman–Crippen MR) is 82.2 cm³/mol. The molecule has 2 aromatic rings. The second-order valence-electron chi connectivity index (χ2n) is 4.31. The molecule has 0 saturated carbocycles. The van der Waals surface area contributed by atoms with E-state index in [0.29, 0.717) is 21.4 Å². The van der Waals surface area contributed by atoms with Crippen LogP contribution in [-0.2, 0) is 4.79 Å². The van der Waals surface area contributed by atoms with Crippen molar-refractivity contribution in [3.05, 3.63) is 51.1 Å². The third kappa shape index (κ3) is 3.40. The molecule has 0 atom stereocenters. The van der Waals surface area contributed by atoms with E-state index in [9.17, 15) is 4.79 Å². The summed E-state index contributed by atoms with van der Waals surface area (Å²) in [6.07, 6.45) is 3.00. The van der Waals surface area contributed by atoms with Crippen molar-refractivity contribution in [2.45, 2.75) is 13.8 Å². The van der Waals surface area contributed by atoms with Crippen LogP contribution in [0, 0.1) is 13.8 Å². The summed E-state index contributed by atoms with van der Waals surface area (Å²) in [5.74, 6) is 0.241. The van der Waals surface area contributed by atoms with Gasteiger partial charge in [0.15, 0.2) is 5.82 Å². The number of rotatable bonds is 3. The summed E-state index contributed by atoms with van der Waals surface area (Å²) < 4.78 is 0. The molecule has 0 aliphatic carbocycles. The highest BCUT2D eigenvalue weighted by molar-refractivity contribution is 6.34. The van der Waals surface area contributed by atoms with Crippen molar-refractivity contribution in [1.82, 2.24) is 10.2 Å². The van der Waals surface area contributed by atoms with Crippen molar-refractivity contribution in [2.75, 3.05) is 5.32 Å². The molecule has 4 nitrogen and oxygen atoms in total. The molecule has 0 spiro atoms. The number of aromatic amines is 1. The molecule has 0 aliphatic heterocycles. The fourth-order valence-electron chi connectivity index (χ4n) is 1.57. The summed E-state index contributed by atoms with van der Waals surface area (Å²) in [4.78, 5) is 11.8. The van der Waals surface area contributed by atoms with Crippen molar-refractivity contribution in [3.63, 3.8) is 0 Å². The molecule has 0 bridgehead atoms. The first kappa shape index (κ1) is 14.6. The fraction of sp³-hybridized carbons (Fsp3) is 0.143. The van der Waals surface area contributed by atoms with Crippen LogP contribution in [0.5, 0.6) is 0 Å². The van der Waals surface area contributed by atoms with E-state index in [0.717, 1.165) is 11.3 Å². The van der Waals surface area contributed by atoms with Crippen molar-refractivity contribution in [1.29, 1.82) is 0 Å². The van der Waals surface area contributed by atoms with Crippen LogP contribution in [0.4, 0.5) is 5.82 Å². The Kier molecular flexibility index (Phi) is 4.47. The maximum Gasteiger partial charge on any atom is 0.249 e. The minimum absolute atomic E-state index is 0.282. The fourth-order valence-corrected chi connectivity index (χ4v) is 1.93. The molecule has 20 heavy (non-hydrogen) atoms. The second kappa shape index (κ2) is 6.11. The minimum Gasteiger partial charge on any atom is -0.305 e. The number of benzene rings is 1. The molecular formula is C14H13Cl2N3O. The van der Waals surface area contributed by atoms with E-state index in [2.05, 4.69) is 15.5 Å². The van der Waals surface area contributed by atoms with Gasteiger partial charge in [-0.2, -0.15) is 5.10 Å². The summed E-state index contributed by atoms with van der Waals surface area (Å²) in [6.45, 7) is 3.77. The van der Waals surface area contributed by atoms with Gasteiger partial charge in [-0.1, -0.05) is 23.2 Å². The number of aromatic nitrogens is 2. The van der Waals surface area contributed by atoms with Gasteiger partial charge in [0.1, 0.15) is 0 Å². The maximum absolute atomic E-state index is 11.8. The van der Waals surface area contributed by atoms with Gasteiger partial charge >= 0.3 is 0 Å². The van der Waals surface area contributed by atoms with E-state index in [1.165, 1.54) is 6.08 Å². The number of hydrogen-bond acceptors (Lipinski definition) is 2. The number of carbonyl (C=O) groups is 1. The predicted octanol–water partition coefficient (Wildman–Crippen LogP) is 3.99. The monoisotopic (exact) mass is 309 g/mol. The third-order valence-electron chi connectivity index (χ3n) is 2.87. The van der Waals surface area contributed by atoms with Gasteiger partial charge in [0.25, 0.3) is 0 Å². The number of amides is 1. The highest BCUT2D eigenvalue weighted by Gasteiger charge is 2.07. The standard InChI is InChI=1S/C14H13Cl2N3O/c1-8-9(2)18-19-14(8)17-13(20)6-3-10-7-11(15)4-5-12(10)16/h3-7H,1-2H3,(H2,17,18,19,20)/b6-3+. The molecule has 0 aliphatic rings. The van der Waals surface area contributed by atoms with Gasteiger partial charge in [0.05, 0.1) is 0 Å². The average Bonchev–Trinajstić information content (AvgIpc) is 2.72. The molecule has 104 valence electrons. The third-order valence-corrected chi connectivity index (χ3v) is 3.45. The van der Waals surface area contributed by atoms with E-state index >= 15 is 0 Å². The van der Waals surface area contributed by atoms with Crippen molar-refractivity contribution in [2.24, 2.45) is 0 Å². The number of H-pyrrole nitrogens is 1. The number of halogens is 2. The maximum atomic E-state index is 11.8. The quantitative estimate of drug-likeness (QED) is 0.842. The highest BCUT2D eigenvalue weighted by Crippen LogP contribution is 2.22. The Morgan fingerprint density at radius 3 is 2.75 bits per heavy atom. The largest absolute Gasteiger partial charge is 0.305 e. The molecule has 1 heterocycles. The van der Waals surface area contributed by atoms with Gasteiger partial charge in [-0.3, -0.25) is 9.89 Å². The van der Waals surface area contributed by atoms with Gasteiger partial charge in [-0.25, -0.2) is 0 Å². The van der Waals surface area contributed by atoms with Gasteiger partial charge in [0, 0.05) is 27.4 Å². The smallest absolute Gasteiger partial charge is 0.249 e.